The molecule has 0 bridgehead atoms. The van der Waals surface area contributed by atoms with Crippen molar-refractivity contribution in [3.05, 3.63) is 114 Å². The smallest absolute Gasteiger partial charge is 0.338 e. The van der Waals surface area contributed by atoms with Crippen LogP contribution in [0.4, 0.5) is 22.7 Å². The molecule has 1 N–H and O–H groups in total. The van der Waals surface area contributed by atoms with Crippen molar-refractivity contribution < 1.29 is 22.7 Å². The minimum absolute atomic E-state index is 0.0101. The van der Waals surface area contributed by atoms with Gasteiger partial charge in [-0.25, -0.2) is 13.2 Å². The van der Waals surface area contributed by atoms with Crippen molar-refractivity contribution in [1.29, 1.82) is 0 Å². The lowest BCUT2D eigenvalue weighted by Gasteiger charge is -2.30. The lowest BCUT2D eigenvalue weighted by atomic mass is 10.0. The van der Waals surface area contributed by atoms with Crippen molar-refractivity contribution in [1.82, 2.24) is 0 Å². The van der Waals surface area contributed by atoms with Crippen LogP contribution in [0.3, 0.4) is 0 Å². The summed E-state index contributed by atoms with van der Waals surface area (Å²) in [6.07, 6.45) is 1.52. The number of anilines is 4. The number of hydrogen-bond acceptors (Lipinski definition) is 6. The van der Waals surface area contributed by atoms with Crippen LogP contribution in [0.5, 0.6) is 0 Å². The number of nitrogens with one attached hydrogen (secondary N) is 1. The molecule has 1 aliphatic heterocycles. The van der Waals surface area contributed by atoms with E-state index in [4.69, 9.17) is 4.74 Å². The van der Waals surface area contributed by atoms with E-state index in [2.05, 4.69) is 24.1 Å². The normalized spacial score (nSPS) is 12.9. The fourth-order valence-electron chi connectivity index (χ4n) is 5.11. The SMILES string of the molecule is CC(C)N(c1ccccc1)c1ccc(NC(=O)COC(=O)c2cccc(S(=O)(=O)N3CCCc4ccccc43)c2)cc1. The Kier molecular flexibility index (Phi) is 8.59. The second-order valence-corrected chi connectivity index (χ2v) is 12.2. The molecule has 0 saturated heterocycles. The number of nitrogens with zero attached hydrogens (tertiary/aromatic N) is 2. The van der Waals surface area contributed by atoms with Crippen LogP contribution in [0.25, 0.3) is 0 Å². The maximum Gasteiger partial charge on any atom is 0.338 e. The van der Waals surface area contributed by atoms with Crippen LogP contribution in [0.15, 0.2) is 108 Å². The minimum Gasteiger partial charge on any atom is -0.452 e. The van der Waals surface area contributed by atoms with Gasteiger partial charge in [0.25, 0.3) is 15.9 Å². The van der Waals surface area contributed by atoms with Crippen LogP contribution in [0.2, 0.25) is 0 Å². The summed E-state index contributed by atoms with van der Waals surface area (Å²) in [7, 11) is -3.89. The van der Waals surface area contributed by atoms with Crippen molar-refractivity contribution in [2.24, 2.45) is 0 Å². The standard InChI is InChI=1S/C33H33N3O5S/c1-24(2)36(28-13-4-3-5-14-28)29-19-17-27(18-20-29)34-32(37)23-41-33(38)26-11-8-15-30(22-26)42(39,40)35-21-9-12-25-10-6-7-16-31(25)35/h3-8,10-11,13-20,22,24H,9,12,21,23H2,1-2H3,(H,34,37). The highest BCUT2D eigenvalue weighted by molar-refractivity contribution is 7.92. The summed E-state index contributed by atoms with van der Waals surface area (Å²) in [4.78, 5) is 27.5. The molecule has 0 spiro atoms. The van der Waals surface area contributed by atoms with Gasteiger partial charge in [-0.1, -0.05) is 42.5 Å². The first kappa shape index (κ1) is 28.9. The van der Waals surface area contributed by atoms with Crippen molar-refractivity contribution in [3.8, 4) is 0 Å². The summed E-state index contributed by atoms with van der Waals surface area (Å²) in [6.45, 7) is 4.06. The van der Waals surface area contributed by atoms with Gasteiger partial charge in [-0.15, -0.1) is 0 Å². The number of benzene rings is 4. The second-order valence-electron chi connectivity index (χ2n) is 10.3. The molecule has 8 nitrogen and oxygen atoms in total. The number of rotatable bonds is 9. The predicted octanol–water partition coefficient (Wildman–Crippen LogP) is 6.17. The van der Waals surface area contributed by atoms with Crippen LogP contribution >= 0.6 is 0 Å². The van der Waals surface area contributed by atoms with Crippen LogP contribution in [-0.2, 0) is 26.0 Å². The number of carbonyl (C=O) groups excluding carboxylic acids is 2. The third kappa shape index (κ3) is 6.31. The van der Waals surface area contributed by atoms with Gasteiger partial charge in [-0.2, -0.15) is 0 Å². The van der Waals surface area contributed by atoms with E-state index in [9.17, 15) is 18.0 Å². The number of para-hydroxylation sites is 2. The largest absolute Gasteiger partial charge is 0.452 e. The molecule has 0 atom stereocenters. The molecular formula is C33H33N3O5S. The molecule has 0 aliphatic carbocycles. The zero-order valence-electron chi connectivity index (χ0n) is 23.6. The molecular weight excluding hydrogens is 550 g/mol. The van der Waals surface area contributed by atoms with Crippen molar-refractivity contribution in [3.63, 3.8) is 0 Å². The number of sulfonamides is 1. The van der Waals surface area contributed by atoms with E-state index in [0.717, 1.165) is 23.4 Å². The van der Waals surface area contributed by atoms with Gasteiger partial charge in [0, 0.05) is 29.6 Å². The van der Waals surface area contributed by atoms with E-state index in [0.29, 0.717) is 24.3 Å². The topological polar surface area (TPSA) is 96.0 Å². The van der Waals surface area contributed by atoms with E-state index in [1.165, 1.54) is 28.6 Å². The Bertz CT molecular complexity index is 1670. The molecule has 42 heavy (non-hydrogen) atoms. The van der Waals surface area contributed by atoms with Gasteiger partial charge < -0.3 is 15.0 Å². The summed E-state index contributed by atoms with van der Waals surface area (Å²) < 4.78 is 33.6. The van der Waals surface area contributed by atoms with E-state index >= 15 is 0 Å². The quantitative estimate of drug-likeness (QED) is 0.237. The third-order valence-electron chi connectivity index (χ3n) is 7.04. The molecule has 5 rings (SSSR count). The summed E-state index contributed by atoms with van der Waals surface area (Å²) in [5.74, 6) is -1.29. The van der Waals surface area contributed by atoms with E-state index in [-0.39, 0.29) is 16.5 Å². The van der Waals surface area contributed by atoms with Gasteiger partial charge in [0.05, 0.1) is 16.1 Å². The van der Waals surface area contributed by atoms with Crippen molar-refractivity contribution >= 4 is 44.6 Å². The average molecular weight is 584 g/mol. The molecule has 0 aromatic heterocycles. The molecule has 0 fully saturated rings. The Morgan fingerprint density at radius 3 is 2.31 bits per heavy atom. The van der Waals surface area contributed by atoms with Crippen molar-refractivity contribution in [2.75, 3.05) is 27.7 Å². The number of ether oxygens (including phenoxy) is 1. The molecule has 0 unspecified atom stereocenters. The van der Waals surface area contributed by atoms with E-state index in [1.54, 1.807) is 18.2 Å². The Hall–Kier alpha value is -4.63. The van der Waals surface area contributed by atoms with Crippen LogP contribution in [0.1, 0.15) is 36.2 Å². The Morgan fingerprint density at radius 2 is 1.57 bits per heavy atom. The number of fused-ring (bicyclic) bond motifs is 1. The van der Waals surface area contributed by atoms with Crippen LogP contribution in [0, 0.1) is 0 Å². The lowest BCUT2D eigenvalue weighted by molar-refractivity contribution is -0.119. The van der Waals surface area contributed by atoms with Gasteiger partial charge in [-0.3, -0.25) is 9.10 Å². The summed E-state index contributed by atoms with van der Waals surface area (Å²) in [5.41, 5.74) is 4.27. The Labute approximate surface area is 246 Å². The monoisotopic (exact) mass is 583 g/mol. The summed E-state index contributed by atoms with van der Waals surface area (Å²) in [6, 6.07) is 30.8. The van der Waals surface area contributed by atoms with Crippen molar-refractivity contribution in [2.45, 2.75) is 37.6 Å². The number of esters is 1. The zero-order chi connectivity index (χ0) is 29.7. The molecule has 4 aromatic rings. The molecule has 1 amide bonds. The van der Waals surface area contributed by atoms with Gasteiger partial charge in [-0.05, 0) is 92.9 Å². The van der Waals surface area contributed by atoms with E-state index in [1.807, 2.05) is 60.7 Å². The Morgan fingerprint density at radius 1 is 0.881 bits per heavy atom. The lowest BCUT2D eigenvalue weighted by Crippen LogP contribution is -2.35. The van der Waals surface area contributed by atoms with E-state index < -0.39 is 28.5 Å². The molecule has 9 heteroatoms. The fraction of sp³-hybridized carbons (Fsp3) is 0.212. The molecule has 1 aliphatic rings. The Balaban J connectivity index is 1.21. The third-order valence-corrected chi connectivity index (χ3v) is 8.85. The number of hydrogen-bond donors (Lipinski definition) is 1. The highest BCUT2D eigenvalue weighted by atomic mass is 32.2. The highest BCUT2D eigenvalue weighted by Crippen LogP contribution is 2.32. The van der Waals surface area contributed by atoms with Crippen LogP contribution in [-0.4, -0.2) is 39.5 Å². The van der Waals surface area contributed by atoms with Gasteiger partial charge in [0.15, 0.2) is 6.61 Å². The number of amides is 1. The average Bonchev–Trinajstić information content (AvgIpc) is 3.01. The highest BCUT2D eigenvalue weighted by Gasteiger charge is 2.29. The molecule has 0 saturated carbocycles. The van der Waals surface area contributed by atoms with Gasteiger partial charge in [0.1, 0.15) is 0 Å². The molecule has 0 radical (unpaired) electrons. The zero-order valence-corrected chi connectivity index (χ0v) is 24.4. The summed E-state index contributed by atoms with van der Waals surface area (Å²) in [5, 5.41) is 2.73. The van der Waals surface area contributed by atoms with Gasteiger partial charge >= 0.3 is 5.97 Å². The first-order valence-electron chi connectivity index (χ1n) is 13.9. The maximum absolute atomic E-state index is 13.5. The fourth-order valence-corrected chi connectivity index (χ4v) is 6.70. The first-order chi connectivity index (χ1) is 20.2. The second kappa shape index (κ2) is 12.5. The number of carbonyl (C=O) groups is 2. The molecule has 1 heterocycles. The predicted molar refractivity (Wildman–Crippen MR) is 165 cm³/mol. The van der Waals surface area contributed by atoms with Crippen LogP contribution < -0.4 is 14.5 Å². The first-order valence-corrected chi connectivity index (χ1v) is 15.3. The molecule has 216 valence electrons. The number of aryl methyl sites for hydroxylation is 1. The summed E-state index contributed by atoms with van der Waals surface area (Å²) >= 11 is 0. The minimum atomic E-state index is -3.89. The molecule has 4 aromatic carbocycles. The maximum atomic E-state index is 13.5. The van der Waals surface area contributed by atoms with Gasteiger partial charge in [0.2, 0.25) is 0 Å².